The van der Waals surface area contributed by atoms with Crippen molar-refractivity contribution in [2.75, 3.05) is 10.0 Å². The number of fused-ring (bicyclic) bond motifs is 1. The van der Waals surface area contributed by atoms with Gasteiger partial charge in [0, 0.05) is 17.7 Å². The van der Waals surface area contributed by atoms with Gasteiger partial charge in [-0.1, -0.05) is 29.5 Å². The highest BCUT2D eigenvalue weighted by molar-refractivity contribution is 7.92. The topological polar surface area (TPSA) is 105 Å². The van der Waals surface area contributed by atoms with E-state index < -0.39 is 15.9 Å². The number of anilines is 2. The number of benzene rings is 2. The monoisotopic (exact) mass is 427 g/mol. The first-order valence-electron chi connectivity index (χ1n) is 8.94. The minimum atomic E-state index is -3.75. The zero-order chi connectivity index (χ0) is 20.4. The van der Waals surface area contributed by atoms with E-state index in [1.165, 1.54) is 35.6 Å². The second-order valence-electron chi connectivity index (χ2n) is 6.52. The first-order chi connectivity index (χ1) is 13.9. The van der Waals surface area contributed by atoms with Crippen LogP contribution in [0.1, 0.15) is 38.6 Å². The summed E-state index contributed by atoms with van der Waals surface area (Å²) in [6.45, 7) is 0. The number of carbonyl (C=O) groups excluding carboxylic acids is 2. The number of rotatable bonds is 5. The number of amides is 1. The van der Waals surface area contributed by atoms with Gasteiger partial charge in [-0.2, -0.15) is 0 Å². The van der Waals surface area contributed by atoms with Crippen molar-refractivity contribution in [3.63, 3.8) is 0 Å². The van der Waals surface area contributed by atoms with E-state index in [2.05, 4.69) is 15.0 Å². The van der Waals surface area contributed by atoms with Crippen LogP contribution >= 0.6 is 11.3 Å². The first kappa shape index (κ1) is 19.3. The number of Topliss-reactive ketones (excluding diaryl/α,β-unsaturated/α-hetero) is 1. The molecule has 1 amide bonds. The minimum Gasteiger partial charge on any atom is -0.298 e. The standard InChI is InChI=1S/C20H17N3O4S2/c24-17-8-4-7-16-18(17)28-20(21-16)22-19(25)13-9-11-15(12-10-13)29(26,27)23-14-5-2-1-3-6-14/h1-3,5-6,9-12,23H,4,7-8H2,(H,21,22,25). The summed E-state index contributed by atoms with van der Waals surface area (Å²) in [4.78, 5) is 29.4. The van der Waals surface area contributed by atoms with Crippen LogP contribution in [0.15, 0.2) is 59.5 Å². The number of hydrogen-bond donors (Lipinski definition) is 2. The molecule has 1 aliphatic rings. The lowest BCUT2D eigenvalue weighted by Crippen LogP contribution is -2.14. The Kier molecular flexibility index (Phi) is 5.16. The molecule has 2 N–H and O–H groups in total. The number of aromatic nitrogens is 1. The molecule has 1 aliphatic carbocycles. The molecule has 0 unspecified atom stereocenters. The van der Waals surface area contributed by atoms with Crippen LogP contribution in [0.5, 0.6) is 0 Å². The minimum absolute atomic E-state index is 0.0493. The number of nitrogens with zero attached hydrogens (tertiary/aromatic N) is 1. The first-order valence-corrected chi connectivity index (χ1v) is 11.2. The van der Waals surface area contributed by atoms with E-state index in [0.717, 1.165) is 18.5 Å². The van der Waals surface area contributed by atoms with Crippen molar-refractivity contribution in [1.82, 2.24) is 4.98 Å². The maximum Gasteiger partial charge on any atom is 0.261 e. The molecule has 7 nitrogen and oxygen atoms in total. The highest BCUT2D eigenvalue weighted by Gasteiger charge is 2.23. The van der Waals surface area contributed by atoms with E-state index >= 15 is 0 Å². The van der Waals surface area contributed by atoms with Crippen LogP contribution in [-0.4, -0.2) is 25.1 Å². The van der Waals surface area contributed by atoms with Crippen LogP contribution in [0.4, 0.5) is 10.8 Å². The highest BCUT2D eigenvalue weighted by Crippen LogP contribution is 2.30. The predicted octanol–water partition coefficient (Wildman–Crippen LogP) is 3.72. The molecule has 29 heavy (non-hydrogen) atoms. The molecule has 0 bridgehead atoms. The zero-order valence-corrected chi connectivity index (χ0v) is 16.8. The Morgan fingerprint density at radius 1 is 1.00 bits per heavy atom. The lowest BCUT2D eigenvalue weighted by Gasteiger charge is -2.08. The summed E-state index contributed by atoms with van der Waals surface area (Å²) in [5.74, 6) is -0.353. The van der Waals surface area contributed by atoms with Crippen LogP contribution in [0.2, 0.25) is 0 Å². The van der Waals surface area contributed by atoms with Crippen molar-refractivity contribution in [1.29, 1.82) is 0 Å². The van der Waals surface area contributed by atoms with Crippen molar-refractivity contribution in [3.8, 4) is 0 Å². The molecule has 3 aromatic rings. The van der Waals surface area contributed by atoms with Gasteiger partial charge in [0.2, 0.25) is 0 Å². The molecular weight excluding hydrogens is 410 g/mol. The maximum absolute atomic E-state index is 12.5. The van der Waals surface area contributed by atoms with Gasteiger partial charge in [-0.3, -0.25) is 19.6 Å². The Bertz CT molecular complexity index is 1170. The van der Waals surface area contributed by atoms with E-state index in [-0.39, 0.29) is 10.7 Å². The Hall–Kier alpha value is -3.04. The van der Waals surface area contributed by atoms with Crippen LogP contribution in [0, 0.1) is 0 Å². The average molecular weight is 428 g/mol. The molecule has 1 aromatic heterocycles. The Balaban J connectivity index is 1.47. The third kappa shape index (κ3) is 4.20. The fourth-order valence-electron chi connectivity index (χ4n) is 3.00. The van der Waals surface area contributed by atoms with Crippen molar-refractivity contribution in [2.45, 2.75) is 24.2 Å². The van der Waals surface area contributed by atoms with Gasteiger partial charge < -0.3 is 0 Å². The number of nitrogens with one attached hydrogen (secondary N) is 2. The van der Waals surface area contributed by atoms with Crippen LogP contribution in [-0.2, 0) is 16.4 Å². The second kappa shape index (κ2) is 7.76. The second-order valence-corrected chi connectivity index (χ2v) is 9.20. The molecule has 2 aromatic carbocycles. The van der Waals surface area contributed by atoms with Gasteiger partial charge in [0.25, 0.3) is 15.9 Å². The number of sulfonamides is 1. The Morgan fingerprint density at radius 3 is 2.41 bits per heavy atom. The summed E-state index contributed by atoms with van der Waals surface area (Å²) in [5.41, 5.74) is 1.48. The van der Waals surface area contributed by atoms with Gasteiger partial charge in [-0.25, -0.2) is 13.4 Å². The number of hydrogen-bond acceptors (Lipinski definition) is 6. The van der Waals surface area contributed by atoms with E-state index in [1.54, 1.807) is 30.3 Å². The summed E-state index contributed by atoms with van der Waals surface area (Å²) in [6.07, 6.45) is 2.01. The normalized spacial score (nSPS) is 13.6. The molecule has 0 aliphatic heterocycles. The molecule has 1 heterocycles. The molecule has 0 spiro atoms. The third-order valence-corrected chi connectivity index (χ3v) is 6.89. The van der Waals surface area contributed by atoms with E-state index in [9.17, 15) is 18.0 Å². The summed E-state index contributed by atoms with van der Waals surface area (Å²) in [7, 11) is -3.75. The van der Waals surface area contributed by atoms with Gasteiger partial charge in [-0.15, -0.1) is 0 Å². The van der Waals surface area contributed by atoms with Crippen molar-refractivity contribution in [2.24, 2.45) is 0 Å². The van der Waals surface area contributed by atoms with E-state index in [0.29, 0.717) is 27.7 Å². The maximum atomic E-state index is 12.5. The highest BCUT2D eigenvalue weighted by atomic mass is 32.2. The third-order valence-electron chi connectivity index (χ3n) is 4.44. The molecular formula is C20H17N3O4S2. The van der Waals surface area contributed by atoms with Crippen molar-refractivity contribution >= 4 is 43.9 Å². The van der Waals surface area contributed by atoms with Crippen LogP contribution in [0.3, 0.4) is 0 Å². The number of para-hydroxylation sites is 1. The fourth-order valence-corrected chi connectivity index (χ4v) is 5.03. The number of thiazole rings is 1. The van der Waals surface area contributed by atoms with Gasteiger partial charge in [0.1, 0.15) is 0 Å². The summed E-state index contributed by atoms with van der Waals surface area (Å²) >= 11 is 1.18. The number of aryl methyl sites for hydroxylation is 1. The predicted molar refractivity (Wildman–Crippen MR) is 111 cm³/mol. The van der Waals surface area contributed by atoms with Crippen molar-refractivity contribution in [3.05, 3.63) is 70.7 Å². The Labute approximate surface area is 171 Å². The molecule has 0 atom stereocenters. The van der Waals surface area contributed by atoms with Gasteiger partial charge in [0.15, 0.2) is 10.9 Å². The quantitative estimate of drug-likeness (QED) is 0.646. The largest absolute Gasteiger partial charge is 0.298 e. The molecule has 0 radical (unpaired) electrons. The molecule has 148 valence electrons. The fraction of sp³-hybridized carbons (Fsp3) is 0.150. The molecule has 0 fully saturated rings. The molecule has 0 saturated carbocycles. The van der Waals surface area contributed by atoms with Crippen LogP contribution < -0.4 is 10.0 Å². The van der Waals surface area contributed by atoms with Crippen molar-refractivity contribution < 1.29 is 18.0 Å². The van der Waals surface area contributed by atoms with Gasteiger partial charge >= 0.3 is 0 Å². The SMILES string of the molecule is O=C(Nc1nc2c(s1)C(=O)CCC2)c1ccc(S(=O)(=O)Nc2ccccc2)cc1. The molecule has 4 rings (SSSR count). The molecule has 0 saturated heterocycles. The lowest BCUT2D eigenvalue weighted by molar-refractivity contribution is 0.0975. The summed E-state index contributed by atoms with van der Waals surface area (Å²) in [5, 5.41) is 3.06. The lowest BCUT2D eigenvalue weighted by atomic mass is 10.0. The van der Waals surface area contributed by atoms with Crippen LogP contribution in [0.25, 0.3) is 0 Å². The zero-order valence-electron chi connectivity index (χ0n) is 15.2. The number of carbonyl (C=O) groups is 2. The smallest absolute Gasteiger partial charge is 0.261 e. The average Bonchev–Trinajstić information content (AvgIpc) is 3.12. The van der Waals surface area contributed by atoms with E-state index in [1.807, 2.05) is 0 Å². The van der Waals surface area contributed by atoms with Gasteiger partial charge in [0.05, 0.1) is 15.5 Å². The summed E-state index contributed by atoms with van der Waals surface area (Å²) in [6, 6.07) is 14.2. The van der Waals surface area contributed by atoms with Gasteiger partial charge in [-0.05, 0) is 49.2 Å². The number of ketones is 1. The summed E-state index contributed by atoms with van der Waals surface area (Å²) < 4.78 is 27.4. The molecule has 9 heteroatoms. The Morgan fingerprint density at radius 2 is 1.72 bits per heavy atom. The van der Waals surface area contributed by atoms with E-state index in [4.69, 9.17) is 0 Å².